The Morgan fingerprint density at radius 1 is 1.50 bits per heavy atom. The molecule has 3 N–H and O–H groups in total. The van der Waals surface area contributed by atoms with Crippen LogP contribution in [0.3, 0.4) is 0 Å². The Hall–Kier alpha value is -1.59. The van der Waals surface area contributed by atoms with Gasteiger partial charge in [0.25, 0.3) is 0 Å². The largest absolute Gasteiger partial charge is 0.496 e. The van der Waals surface area contributed by atoms with Gasteiger partial charge in [0.05, 0.1) is 7.11 Å². The lowest BCUT2D eigenvalue weighted by molar-refractivity contribution is -0.139. The van der Waals surface area contributed by atoms with E-state index in [0.717, 1.165) is 16.9 Å². The van der Waals surface area contributed by atoms with E-state index in [1.807, 2.05) is 25.1 Å². The van der Waals surface area contributed by atoms with Crippen LogP contribution in [-0.2, 0) is 11.3 Å². The summed E-state index contributed by atoms with van der Waals surface area (Å²) in [6.45, 7) is 3.00. The normalized spacial score (nSPS) is 12.2. The molecule has 1 rings (SSSR count). The van der Waals surface area contributed by atoms with Gasteiger partial charge in [-0.25, -0.2) is 0 Å². The number of carbonyl (C=O) groups is 1. The molecule has 0 aliphatic rings. The Morgan fingerprint density at radius 3 is 2.72 bits per heavy atom. The molecule has 0 spiro atoms. The van der Waals surface area contributed by atoms with E-state index in [2.05, 4.69) is 10.6 Å². The van der Waals surface area contributed by atoms with Crippen molar-refractivity contribution in [2.75, 3.05) is 20.7 Å². The van der Waals surface area contributed by atoms with Gasteiger partial charge >= 0.3 is 5.97 Å². The minimum Gasteiger partial charge on any atom is -0.496 e. The number of benzene rings is 1. The van der Waals surface area contributed by atoms with E-state index in [-0.39, 0.29) is 0 Å². The van der Waals surface area contributed by atoms with Crippen molar-refractivity contribution in [1.82, 2.24) is 10.6 Å². The first-order chi connectivity index (χ1) is 8.58. The van der Waals surface area contributed by atoms with E-state index >= 15 is 0 Å². The molecule has 0 bridgehead atoms. The second-order valence-electron chi connectivity index (χ2n) is 4.11. The molecule has 5 heteroatoms. The molecule has 0 fully saturated rings. The van der Waals surface area contributed by atoms with Gasteiger partial charge in [-0.1, -0.05) is 12.1 Å². The molecular formula is C13H20N2O3. The zero-order valence-corrected chi connectivity index (χ0v) is 11.0. The molecule has 0 radical (unpaired) electrons. The number of carboxylic acid groups (broad SMARTS) is 1. The molecule has 1 unspecified atom stereocenters. The lowest BCUT2D eigenvalue weighted by Crippen LogP contribution is -2.42. The van der Waals surface area contributed by atoms with Crippen LogP contribution in [0.25, 0.3) is 0 Å². The van der Waals surface area contributed by atoms with Gasteiger partial charge < -0.3 is 20.5 Å². The molecule has 5 nitrogen and oxygen atoms in total. The lowest BCUT2D eigenvalue weighted by Gasteiger charge is -2.13. The quantitative estimate of drug-likeness (QED) is 0.668. The molecule has 1 atom stereocenters. The number of ether oxygens (including phenoxy) is 1. The Kier molecular flexibility index (Phi) is 5.61. The van der Waals surface area contributed by atoms with Crippen LogP contribution >= 0.6 is 0 Å². The van der Waals surface area contributed by atoms with Gasteiger partial charge in [0, 0.05) is 13.1 Å². The summed E-state index contributed by atoms with van der Waals surface area (Å²) in [6.07, 6.45) is 0. The SMILES string of the molecule is CNC(CNCc1ccc(OC)c(C)c1)C(=O)O. The summed E-state index contributed by atoms with van der Waals surface area (Å²) in [5.41, 5.74) is 2.17. The molecule has 0 aliphatic heterocycles. The highest BCUT2D eigenvalue weighted by atomic mass is 16.5. The fraction of sp³-hybridized carbons (Fsp3) is 0.462. The maximum Gasteiger partial charge on any atom is 0.322 e. The van der Waals surface area contributed by atoms with E-state index in [1.165, 1.54) is 0 Å². The first-order valence-electron chi connectivity index (χ1n) is 5.82. The Bertz CT molecular complexity index is 407. The molecule has 0 heterocycles. The summed E-state index contributed by atoms with van der Waals surface area (Å²) < 4.78 is 5.18. The second kappa shape index (κ2) is 6.98. The summed E-state index contributed by atoms with van der Waals surface area (Å²) in [4.78, 5) is 10.8. The summed E-state index contributed by atoms with van der Waals surface area (Å²) in [5, 5.41) is 14.7. The van der Waals surface area contributed by atoms with Crippen LogP contribution in [0.5, 0.6) is 5.75 Å². The lowest BCUT2D eigenvalue weighted by atomic mass is 10.1. The first kappa shape index (κ1) is 14.5. The molecule has 0 saturated carbocycles. The number of carboxylic acids is 1. The highest BCUT2D eigenvalue weighted by molar-refractivity contribution is 5.73. The molecule has 0 amide bonds. The van der Waals surface area contributed by atoms with Gasteiger partial charge in [-0.3, -0.25) is 4.79 Å². The maximum atomic E-state index is 10.8. The zero-order chi connectivity index (χ0) is 13.5. The van der Waals surface area contributed by atoms with Crippen LogP contribution < -0.4 is 15.4 Å². The average molecular weight is 252 g/mol. The summed E-state index contributed by atoms with van der Waals surface area (Å²) >= 11 is 0. The average Bonchev–Trinajstić information content (AvgIpc) is 2.34. The number of rotatable bonds is 7. The Labute approximate surface area is 107 Å². The second-order valence-corrected chi connectivity index (χ2v) is 4.11. The number of likely N-dealkylation sites (N-methyl/N-ethyl adjacent to an activating group) is 1. The predicted molar refractivity (Wildman–Crippen MR) is 69.9 cm³/mol. The molecule has 100 valence electrons. The standard InChI is InChI=1S/C13H20N2O3/c1-9-6-10(4-5-12(9)18-3)7-15-8-11(14-2)13(16)17/h4-6,11,14-15H,7-8H2,1-3H3,(H,16,17). The van der Waals surface area contributed by atoms with Gasteiger partial charge in [0.15, 0.2) is 0 Å². The van der Waals surface area contributed by atoms with E-state index < -0.39 is 12.0 Å². The highest BCUT2D eigenvalue weighted by Gasteiger charge is 2.13. The van der Waals surface area contributed by atoms with Crippen molar-refractivity contribution in [3.63, 3.8) is 0 Å². The maximum absolute atomic E-state index is 10.8. The van der Waals surface area contributed by atoms with Crippen LogP contribution in [0, 0.1) is 6.92 Å². The predicted octanol–water partition coefficient (Wildman–Crippen LogP) is 0.766. The van der Waals surface area contributed by atoms with E-state index in [9.17, 15) is 4.79 Å². The summed E-state index contributed by atoms with van der Waals surface area (Å²) in [5.74, 6) is 0.00768. The molecule has 1 aromatic rings. The van der Waals surface area contributed by atoms with Crippen LogP contribution in [0.2, 0.25) is 0 Å². The van der Waals surface area contributed by atoms with Gasteiger partial charge in [-0.05, 0) is 31.2 Å². The van der Waals surface area contributed by atoms with Gasteiger partial charge in [-0.15, -0.1) is 0 Å². The Balaban J connectivity index is 2.49. The number of hydrogen-bond acceptors (Lipinski definition) is 4. The van der Waals surface area contributed by atoms with Crippen LogP contribution in [0.1, 0.15) is 11.1 Å². The molecular weight excluding hydrogens is 232 g/mol. The van der Waals surface area contributed by atoms with Gasteiger partial charge in [0.2, 0.25) is 0 Å². The third-order valence-corrected chi connectivity index (χ3v) is 2.78. The van der Waals surface area contributed by atoms with Crippen molar-refractivity contribution in [2.24, 2.45) is 0 Å². The van der Waals surface area contributed by atoms with Crippen molar-refractivity contribution in [1.29, 1.82) is 0 Å². The number of hydrogen-bond donors (Lipinski definition) is 3. The summed E-state index contributed by atoms with van der Waals surface area (Å²) in [6, 6.07) is 5.35. The smallest absolute Gasteiger partial charge is 0.322 e. The monoisotopic (exact) mass is 252 g/mol. The van der Waals surface area contributed by atoms with Crippen molar-refractivity contribution in [2.45, 2.75) is 19.5 Å². The first-order valence-corrected chi connectivity index (χ1v) is 5.82. The van der Waals surface area contributed by atoms with Gasteiger partial charge in [0.1, 0.15) is 11.8 Å². The number of aryl methyl sites for hydroxylation is 1. The fourth-order valence-corrected chi connectivity index (χ4v) is 1.72. The zero-order valence-electron chi connectivity index (χ0n) is 11.0. The minimum absolute atomic E-state index is 0.386. The number of methoxy groups -OCH3 is 1. The van der Waals surface area contributed by atoms with Crippen molar-refractivity contribution >= 4 is 5.97 Å². The van der Waals surface area contributed by atoms with Crippen molar-refractivity contribution in [3.8, 4) is 5.75 Å². The number of nitrogens with one attached hydrogen (secondary N) is 2. The van der Waals surface area contributed by atoms with E-state index in [4.69, 9.17) is 9.84 Å². The van der Waals surface area contributed by atoms with Gasteiger partial charge in [-0.2, -0.15) is 0 Å². The Morgan fingerprint density at radius 2 is 2.22 bits per heavy atom. The topological polar surface area (TPSA) is 70.6 Å². The van der Waals surface area contributed by atoms with Crippen molar-refractivity contribution in [3.05, 3.63) is 29.3 Å². The highest BCUT2D eigenvalue weighted by Crippen LogP contribution is 2.18. The van der Waals surface area contributed by atoms with E-state index in [0.29, 0.717) is 13.1 Å². The molecule has 1 aromatic carbocycles. The van der Waals surface area contributed by atoms with Crippen LogP contribution in [-0.4, -0.2) is 37.8 Å². The van der Waals surface area contributed by atoms with Crippen LogP contribution in [0.15, 0.2) is 18.2 Å². The fourth-order valence-electron chi connectivity index (χ4n) is 1.72. The molecule has 0 aliphatic carbocycles. The van der Waals surface area contributed by atoms with Crippen molar-refractivity contribution < 1.29 is 14.6 Å². The van der Waals surface area contributed by atoms with Crippen LogP contribution in [0.4, 0.5) is 0 Å². The third-order valence-electron chi connectivity index (χ3n) is 2.78. The number of aliphatic carboxylic acids is 1. The van der Waals surface area contributed by atoms with E-state index in [1.54, 1.807) is 14.2 Å². The molecule has 18 heavy (non-hydrogen) atoms. The summed E-state index contributed by atoms with van der Waals surface area (Å²) in [7, 11) is 3.28. The molecule has 0 saturated heterocycles. The minimum atomic E-state index is -0.851. The molecule has 0 aromatic heterocycles. The third kappa shape index (κ3) is 4.01.